The molecule has 0 aliphatic heterocycles. The van der Waals surface area contributed by atoms with Gasteiger partial charge in [0.25, 0.3) is 0 Å². The summed E-state index contributed by atoms with van der Waals surface area (Å²) >= 11 is 0. The van der Waals surface area contributed by atoms with Crippen LogP contribution in [0.25, 0.3) is 11.1 Å². The minimum Gasteiger partial charge on any atom is -0.496 e. The average molecular weight is 358 g/mol. The number of nitrogens with two attached hydrogens (primary N) is 2. The number of aryl methyl sites for hydroxylation is 1. The minimum atomic E-state index is -0.0545. The molecule has 4 N–H and O–H groups in total. The van der Waals surface area contributed by atoms with Gasteiger partial charge in [0.15, 0.2) is 0 Å². The third-order valence-electron chi connectivity index (χ3n) is 4.36. The molecule has 136 valence electrons. The first kappa shape index (κ1) is 18.3. The average Bonchev–Trinajstić information content (AvgIpc) is 2.67. The predicted molar refractivity (Wildman–Crippen MR) is 109 cm³/mol. The van der Waals surface area contributed by atoms with Gasteiger partial charge in [0, 0.05) is 11.5 Å². The van der Waals surface area contributed by atoms with E-state index in [9.17, 15) is 0 Å². The van der Waals surface area contributed by atoms with Crippen molar-refractivity contribution in [2.24, 2.45) is 0 Å². The molecule has 3 aromatic rings. The van der Waals surface area contributed by atoms with Crippen molar-refractivity contribution in [3.63, 3.8) is 0 Å². The minimum absolute atomic E-state index is 0.0545. The summed E-state index contributed by atoms with van der Waals surface area (Å²) in [5.41, 5.74) is 16.1. The van der Waals surface area contributed by atoms with Crippen LogP contribution < -0.4 is 16.2 Å². The lowest BCUT2D eigenvalue weighted by Gasteiger charge is -2.13. The van der Waals surface area contributed by atoms with Crippen molar-refractivity contribution < 1.29 is 4.74 Å². The molecule has 0 bridgehead atoms. The standard InChI is InChI=1S/C22H22N4O/c1-14(9-11-19-15(2)25-22(24)26-21(19)23)18-12-10-17(13-20(18)27-3)16-7-5-4-6-8-16/h4-8,10,12-14H,1-3H3,(H4,23,24,25,26)/t14-/m0/s1. The lowest BCUT2D eigenvalue weighted by atomic mass is 9.96. The molecule has 5 heteroatoms. The fourth-order valence-corrected chi connectivity index (χ4v) is 2.91. The van der Waals surface area contributed by atoms with Crippen LogP contribution in [0.15, 0.2) is 48.5 Å². The van der Waals surface area contributed by atoms with Crippen LogP contribution in [0.3, 0.4) is 0 Å². The van der Waals surface area contributed by atoms with Crippen LogP contribution in [0, 0.1) is 18.8 Å². The molecule has 0 amide bonds. The molecule has 0 saturated carbocycles. The van der Waals surface area contributed by atoms with Crippen LogP contribution in [-0.2, 0) is 0 Å². The molecule has 0 saturated heterocycles. The topological polar surface area (TPSA) is 87.0 Å². The highest BCUT2D eigenvalue weighted by molar-refractivity contribution is 5.66. The molecule has 1 heterocycles. The predicted octanol–water partition coefficient (Wildman–Crippen LogP) is 3.78. The van der Waals surface area contributed by atoms with Crippen molar-refractivity contribution in [1.29, 1.82) is 0 Å². The smallest absolute Gasteiger partial charge is 0.222 e. The molecule has 5 nitrogen and oxygen atoms in total. The van der Waals surface area contributed by atoms with Gasteiger partial charge >= 0.3 is 0 Å². The zero-order chi connectivity index (χ0) is 19.4. The Morgan fingerprint density at radius 2 is 1.74 bits per heavy atom. The third kappa shape index (κ3) is 4.01. The Hall–Kier alpha value is -3.52. The molecule has 0 fully saturated rings. The van der Waals surface area contributed by atoms with E-state index in [0.29, 0.717) is 17.1 Å². The van der Waals surface area contributed by atoms with Gasteiger partial charge in [-0.3, -0.25) is 0 Å². The Labute approximate surface area is 159 Å². The monoisotopic (exact) mass is 358 g/mol. The van der Waals surface area contributed by atoms with Gasteiger partial charge in [-0.1, -0.05) is 54.3 Å². The number of hydrogen-bond acceptors (Lipinski definition) is 5. The van der Waals surface area contributed by atoms with Crippen LogP contribution in [0.1, 0.15) is 29.7 Å². The first-order valence-electron chi connectivity index (χ1n) is 8.64. The van der Waals surface area contributed by atoms with E-state index in [-0.39, 0.29) is 11.9 Å². The second-order valence-corrected chi connectivity index (χ2v) is 6.24. The Morgan fingerprint density at radius 3 is 2.41 bits per heavy atom. The van der Waals surface area contributed by atoms with E-state index in [4.69, 9.17) is 16.2 Å². The molecule has 1 atom stereocenters. The Bertz CT molecular complexity index is 996. The molecule has 0 radical (unpaired) electrons. The summed E-state index contributed by atoms with van der Waals surface area (Å²) in [6.07, 6.45) is 0. The van der Waals surface area contributed by atoms with Gasteiger partial charge in [-0.2, -0.15) is 4.98 Å². The highest BCUT2D eigenvalue weighted by Gasteiger charge is 2.12. The summed E-state index contributed by atoms with van der Waals surface area (Å²) in [6.45, 7) is 3.84. The normalized spacial score (nSPS) is 11.4. The molecule has 0 aliphatic carbocycles. The fraction of sp³-hybridized carbons (Fsp3) is 0.182. The molecule has 27 heavy (non-hydrogen) atoms. The third-order valence-corrected chi connectivity index (χ3v) is 4.36. The van der Waals surface area contributed by atoms with Crippen LogP contribution in [0.2, 0.25) is 0 Å². The lowest BCUT2D eigenvalue weighted by Crippen LogP contribution is -2.05. The highest BCUT2D eigenvalue weighted by Crippen LogP contribution is 2.31. The first-order chi connectivity index (χ1) is 13.0. The molecule has 0 unspecified atom stereocenters. The summed E-state index contributed by atoms with van der Waals surface area (Å²) in [5.74, 6) is 7.51. The van der Waals surface area contributed by atoms with Gasteiger partial charge in [-0.05, 0) is 31.0 Å². The molecule has 1 aromatic heterocycles. The highest BCUT2D eigenvalue weighted by atomic mass is 16.5. The van der Waals surface area contributed by atoms with E-state index in [1.54, 1.807) is 7.11 Å². The van der Waals surface area contributed by atoms with Gasteiger partial charge in [0.05, 0.1) is 18.4 Å². The van der Waals surface area contributed by atoms with Gasteiger partial charge in [-0.25, -0.2) is 4.98 Å². The zero-order valence-corrected chi connectivity index (χ0v) is 15.7. The Balaban J connectivity index is 1.93. The van der Waals surface area contributed by atoms with Gasteiger partial charge in [0.1, 0.15) is 11.6 Å². The lowest BCUT2D eigenvalue weighted by molar-refractivity contribution is 0.409. The quantitative estimate of drug-likeness (QED) is 0.696. The number of nitrogen functional groups attached to an aromatic ring is 2. The van der Waals surface area contributed by atoms with E-state index in [0.717, 1.165) is 22.4 Å². The number of hydrogen-bond donors (Lipinski definition) is 2. The van der Waals surface area contributed by atoms with Crippen molar-refractivity contribution in [3.05, 3.63) is 65.4 Å². The van der Waals surface area contributed by atoms with E-state index in [1.807, 2.05) is 38.1 Å². The van der Waals surface area contributed by atoms with Gasteiger partial charge < -0.3 is 16.2 Å². The van der Waals surface area contributed by atoms with E-state index < -0.39 is 0 Å². The number of ether oxygens (including phenoxy) is 1. The molecule has 0 aliphatic rings. The SMILES string of the molecule is COc1cc(-c2ccccc2)ccc1[C@@H](C)C#Cc1c(C)nc(N)nc1N. The molecule has 0 spiro atoms. The van der Waals surface area contributed by atoms with Crippen molar-refractivity contribution in [2.75, 3.05) is 18.6 Å². The first-order valence-corrected chi connectivity index (χ1v) is 8.64. The Kier molecular flexibility index (Phi) is 5.28. The number of nitrogens with zero attached hydrogens (tertiary/aromatic N) is 2. The maximum Gasteiger partial charge on any atom is 0.222 e. The number of aromatic nitrogens is 2. The van der Waals surface area contributed by atoms with Gasteiger partial charge in [0.2, 0.25) is 5.95 Å². The van der Waals surface area contributed by atoms with Gasteiger partial charge in [-0.15, -0.1) is 0 Å². The molecule has 3 rings (SSSR count). The maximum absolute atomic E-state index is 5.93. The fourth-order valence-electron chi connectivity index (χ4n) is 2.91. The van der Waals surface area contributed by atoms with Crippen LogP contribution in [0.5, 0.6) is 5.75 Å². The van der Waals surface area contributed by atoms with E-state index in [2.05, 4.69) is 46.1 Å². The maximum atomic E-state index is 5.93. The zero-order valence-electron chi connectivity index (χ0n) is 15.7. The summed E-state index contributed by atoms with van der Waals surface area (Å²) in [5, 5.41) is 0. The Morgan fingerprint density at radius 1 is 1.00 bits per heavy atom. The molecular formula is C22H22N4O. The van der Waals surface area contributed by atoms with Crippen molar-refractivity contribution in [1.82, 2.24) is 9.97 Å². The summed E-state index contributed by atoms with van der Waals surface area (Å²) in [7, 11) is 1.67. The van der Waals surface area contributed by atoms with E-state index >= 15 is 0 Å². The second-order valence-electron chi connectivity index (χ2n) is 6.24. The number of methoxy groups -OCH3 is 1. The summed E-state index contributed by atoms with van der Waals surface area (Å²) in [4.78, 5) is 8.10. The number of anilines is 2. The van der Waals surface area contributed by atoms with Crippen LogP contribution >= 0.6 is 0 Å². The largest absolute Gasteiger partial charge is 0.496 e. The number of rotatable bonds is 3. The second kappa shape index (κ2) is 7.79. The van der Waals surface area contributed by atoms with Crippen molar-refractivity contribution in [3.8, 4) is 28.7 Å². The summed E-state index contributed by atoms with van der Waals surface area (Å²) < 4.78 is 5.61. The number of benzene rings is 2. The van der Waals surface area contributed by atoms with Crippen LogP contribution in [0.4, 0.5) is 11.8 Å². The van der Waals surface area contributed by atoms with E-state index in [1.165, 1.54) is 0 Å². The van der Waals surface area contributed by atoms with Crippen molar-refractivity contribution in [2.45, 2.75) is 19.8 Å². The molecule has 2 aromatic carbocycles. The molecular weight excluding hydrogens is 336 g/mol. The van der Waals surface area contributed by atoms with Crippen molar-refractivity contribution >= 4 is 11.8 Å². The summed E-state index contributed by atoms with van der Waals surface area (Å²) in [6, 6.07) is 16.4. The van der Waals surface area contributed by atoms with Crippen LogP contribution in [-0.4, -0.2) is 17.1 Å².